The van der Waals surface area contributed by atoms with Gasteiger partial charge in [-0.1, -0.05) is 43.6 Å². The van der Waals surface area contributed by atoms with E-state index in [1.165, 1.54) is 0 Å². The Hall–Kier alpha value is -0.0500. The van der Waals surface area contributed by atoms with E-state index in [2.05, 4.69) is 48.9 Å². The number of halogens is 1. The summed E-state index contributed by atoms with van der Waals surface area (Å²) in [6, 6.07) is 0.340. The van der Waals surface area contributed by atoms with Gasteiger partial charge in [0, 0.05) is 16.8 Å². The molecule has 0 aromatic rings. The summed E-state index contributed by atoms with van der Waals surface area (Å²) in [4.78, 5) is 11.1. The molecule has 0 aliphatic carbocycles. The Morgan fingerprint density at radius 2 is 2.00 bits per heavy atom. The molecule has 0 spiro atoms. The van der Waals surface area contributed by atoms with E-state index in [4.69, 9.17) is 0 Å². The predicted octanol–water partition coefficient (Wildman–Crippen LogP) is 2.85. The molecule has 0 aromatic carbocycles. The fourth-order valence-corrected chi connectivity index (χ4v) is 3.13. The van der Waals surface area contributed by atoms with Crippen LogP contribution >= 0.6 is 15.9 Å². The zero-order valence-electron chi connectivity index (χ0n) is 9.48. The van der Waals surface area contributed by atoms with Gasteiger partial charge < -0.3 is 5.32 Å². The number of amides is 1. The summed E-state index contributed by atoms with van der Waals surface area (Å²) >= 11 is 3.66. The monoisotopic (exact) mass is 261 g/mol. The second-order valence-electron chi connectivity index (χ2n) is 5.54. The maximum Gasteiger partial charge on any atom is 0.220 e. The number of rotatable bonds is 3. The van der Waals surface area contributed by atoms with Gasteiger partial charge in [0.15, 0.2) is 0 Å². The summed E-state index contributed by atoms with van der Waals surface area (Å²) in [6.45, 7) is 8.80. The summed E-state index contributed by atoms with van der Waals surface area (Å²) in [5, 5.41) is 3.06. The van der Waals surface area contributed by atoms with Crippen LogP contribution in [-0.2, 0) is 4.79 Å². The maximum absolute atomic E-state index is 11.1. The first-order valence-corrected chi connectivity index (χ1v) is 5.98. The van der Waals surface area contributed by atoms with Gasteiger partial charge in [0.2, 0.25) is 5.91 Å². The third kappa shape index (κ3) is 3.26. The highest BCUT2D eigenvalue weighted by Crippen LogP contribution is 2.38. The lowest BCUT2D eigenvalue weighted by Crippen LogP contribution is -2.41. The molecular weight excluding hydrogens is 242 g/mol. The van der Waals surface area contributed by atoms with Gasteiger partial charge in [0.25, 0.3) is 0 Å². The van der Waals surface area contributed by atoms with Crippen LogP contribution < -0.4 is 5.32 Å². The van der Waals surface area contributed by atoms with Crippen molar-refractivity contribution in [2.45, 2.75) is 57.3 Å². The van der Waals surface area contributed by atoms with Crippen molar-refractivity contribution < 1.29 is 4.79 Å². The van der Waals surface area contributed by atoms with Crippen molar-refractivity contribution in [3.63, 3.8) is 0 Å². The number of carbonyl (C=O) groups is 1. The maximum atomic E-state index is 11.1. The SMILES string of the molecule is CC(C)(Br)CC(C)(C)C1CCC(=O)N1. The van der Waals surface area contributed by atoms with Crippen molar-refractivity contribution in [1.29, 1.82) is 0 Å². The van der Waals surface area contributed by atoms with Crippen LogP contribution in [0.1, 0.15) is 47.0 Å². The van der Waals surface area contributed by atoms with Crippen molar-refractivity contribution >= 4 is 21.8 Å². The van der Waals surface area contributed by atoms with Crippen LogP contribution in [0.5, 0.6) is 0 Å². The number of carbonyl (C=O) groups excluding carboxylic acids is 1. The molecule has 1 aliphatic rings. The van der Waals surface area contributed by atoms with Crippen LogP contribution in [0.4, 0.5) is 0 Å². The van der Waals surface area contributed by atoms with Gasteiger partial charge in [-0.15, -0.1) is 0 Å². The summed E-state index contributed by atoms with van der Waals surface area (Å²) in [5.74, 6) is 0.204. The quantitative estimate of drug-likeness (QED) is 0.778. The van der Waals surface area contributed by atoms with Gasteiger partial charge in [-0.2, -0.15) is 0 Å². The first-order chi connectivity index (χ1) is 6.21. The largest absolute Gasteiger partial charge is 0.353 e. The lowest BCUT2D eigenvalue weighted by Gasteiger charge is -2.36. The molecular formula is C11H20BrNO. The first-order valence-electron chi connectivity index (χ1n) is 5.19. The van der Waals surface area contributed by atoms with E-state index >= 15 is 0 Å². The average Bonchev–Trinajstić information content (AvgIpc) is 2.29. The Kier molecular flexibility index (Phi) is 3.30. The van der Waals surface area contributed by atoms with Crippen molar-refractivity contribution in [3.05, 3.63) is 0 Å². The van der Waals surface area contributed by atoms with Gasteiger partial charge in [-0.05, 0) is 18.3 Å². The molecule has 1 rings (SSSR count). The molecule has 14 heavy (non-hydrogen) atoms. The van der Waals surface area contributed by atoms with Crippen molar-refractivity contribution in [2.75, 3.05) is 0 Å². The Morgan fingerprint density at radius 3 is 2.36 bits per heavy atom. The minimum absolute atomic E-state index is 0.143. The van der Waals surface area contributed by atoms with Crippen LogP contribution in [0.25, 0.3) is 0 Å². The van der Waals surface area contributed by atoms with Gasteiger partial charge in [-0.25, -0.2) is 0 Å². The molecule has 2 nitrogen and oxygen atoms in total. The average molecular weight is 262 g/mol. The predicted molar refractivity (Wildman–Crippen MR) is 62.6 cm³/mol. The van der Waals surface area contributed by atoms with E-state index in [1.807, 2.05) is 0 Å². The fraction of sp³-hybridized carbons (Fsp3) is 0.909. The highest BCUT2D eigenvalue weighted by atomic mass is 79.9. The molecule has 0 radical (unpaired) electrons. The Bertz CT molecular complexity index is 230. The summed E-state index contributed by atoms with van der Waals surface area (Å²) in [5.41, 5.74) is 0.166. The van der Waals surface area contributed by atoms with Crippen molar-refractivity contribution in [2.24, 2.45) is 5.41 Å². The summed E-state index contributed by atoms with van der Waals surface area (Å²) < 4.78 is 0.143. The molecule has 0 bridgehead atoms. The summed E-state index contributed by atoms with van der Waals surface area (Å²) in [6.07, 6.45) is 2.73. The number of hydrogen-bond donors (Lipinski definition) is 1. The van der Waals surface area contributed by atoms with Crippen LogP contribution in [0.15, 0.2) is 0 Å². The van der Waals surface area contributed by atoms with E-state index < -0.39 is 0 Å². The molecule has 1 amide bonds. The number of hydrogen-bond acceptors (Lipinski definition) is 1. The molecule has 0 saturated carbocycles. The van der Waals surface area contributed by atoms with Gasteiger partial charge in [0.05, 0.1) is 0 Å². The zero-order valence-corrected chi connectivity index (χ0v) is 11.1. The highest BCUT2D eigenvalue weighted by Gasteiger charge is 2.37. The molecule has 1 saturated heterocycles. The minimum atomic E-state index is 0.143. The van der Waals surface area contributed by atoms with Crippen LogP contribution in [0.2, 0.25) is 0 Å². The fourth-order valence-electron chi connectivity index (χ4n) is 2.41. The number of alkyl halides is 1. The first kappa shape index (κ1) is 12.0. The van der Waals surface area contributed by atoms with Gasteiger partial charge >= 0.3 is 0 Å². The van der Waals surface area contributed by atoms with E-state index in [-0.39, 0.29) is 15.6 Å². The Labute approximate surface area is 95.0 Å². The third-order valence-corrected chi connectivity index (χ3v) is 3.09. The molecule has 3 heteroatoms. The van der Waals surface area contributed by atoms with Crippen molar-refractivity contribution in [1.82, 2.24) is 5.32 Å². The van der Waals surface area contributed by atoms with Gasteiger partial charge in [-0.3, -0.25) is 4.79 Å². The van der Waals surface area contributed by atoms with E-state index in [9.17, 15) is 4.79 Å². The molecule has 1 fully saturated rings. The normalized spacial score (nSPS) is 23.8. The second-order valence-corrected chi connectivity index (χ2v) is 7.69. The number of nitrogens with one attached hydrogen (secondary N) is 1. The van der Waals surface area contributed by atoms with E-state index in [0.717, 1.165) is 12.8 Å². The van der Waals surface area contributed by atoms with E-state index in [0.29, 0.717) is 12.5 Å². The molecule has 1 heterocycles. The zero-order chi connectivity index (χ0) is 11.0. The Morgan fingerprint density at radius 1 is 1.43 bits per heavy atom. The van der Waals surface area contributed by atoms with Gasteiger partial charge in [0.1, 0.15) is 0 Å². The van der Waals surface area contributed by atoms with Crippen LogP contribution in [0, 0.1) is 5.41 Å². The summed E-state index contributed by atoms with van der Waals surface area (Å²) in [7, 11) is 0. The third-order valence-electron chi connectivity index (χ3n) is 2.81. The topological polar surface area (TPSA) is 29.1 Å². The molecule has 0 aromatic heterocycles. The molecule has 1 N–H and O–H groups in total. The molecule has 1 unspecified atom stereocenters. The van der Waals surface area contributed by atoms with E-state index in [1.54, 1.807) is 0 Å². The highest BCUT2D eigenvalue weighted by molar-refractivity contribution is 9.10. The second kappa shape index (κ2) is 3.84. The van der Waals surface area contributed by atoms with Crippen LogP contribution in [0.3, 0.4) is 0 Å². The van der Waals surface area contributed by atoms with Crippen LogP contribution in [-0.4, -0.2) is 16.3 Å². The standard InChI is InChI=1S/C11H20BrNO/c1-10(2,7-11(3,4)12)8-5-6-9(14)13-8/h8H,5-7H2,1-4H3,(H,13,14). The molecule has 1 atom stereocenters. The Balaban J connectivity index is 2.61. The lowest BCUT2D eigenvalue weighted by atomic mass is 9.77. The minimum Gasteiger partial charge on any atom is -0.353 e. The van der Waals surface area contributed by atoms with Crippen molar-refractivity contribution in [3.8, 4) is 0 Å². The molecule has 1 aliphatic heterocycles. The lowest BCUT2D eigenvalue weighted by molar-refractivity contribution is -0.119. The smallest absolute Gasteiger partial charge is 0.220 e. The molecule has 82 valence electrons.